The van der Waals surface area contributed by atoms with Crippen molar-refractivity contribution in [1.29, 1.82) is 0 Å². The van der Waals surface area contributed by atoms with Gasteiger partial charge in [0, 0.05) is 9.77 Å². The minimum Gasteiger partial charge on any atom is -0.321 e. The fourth-order valence-electron chi connectivity index (χ4n) is 1.28. The third kappa shape index (κ3) is 2.57. The highest BCUT2D eigenvalue weighted by Gasteiger charge is 2.08. The van der Waals surface area contributed by atoms with Crippen LogP contribution < -0.4 is 5.32 Å². The SMILES string of the molecule is O=C(Nc1cccnc1)c1ccccc1I. The number of nitrogens with zero attached hydrogens (tertiary/aromatic N) is 1. The van der Waals surface area contributed by atoms with E-state index in [4.69, 9.17) is 0 Å². The molecule has 0 aliphatic heterocycles. The molecular formula is C12H9IN2O. The summed E-state index contributed by atoms with van der Waals surface area (Å²) in [4.78, 5) is 15.8. The molecule has 0 aliphatic rings. The van der Waals surface area contributed by atoms with E-state index in [0.29, 0.717) is 11.3 Å². The number of aromatic nitrogens is 1. The normalized spacial score (nSPS) is 9.81. The lowest BCUT2D eigenvalue weighted by Crippen LogP contribution is -2.13. The van der Waals surface area contributed by atoms with E-state index in [-0.39, 0.29) is 5.91 Å². The van der Waals surface area contributed by atoms with E-state index in [9.17, 15) is 4.79 Å². The van der Waals surface area contributed by atoms with E-state index in [1.807, 2.05) is 18.2 Å². The Morgan fingerprint density at radius 2 is 2.00 bits per heavy atom. The first-order chi connectivity index (χ1) is 7.77. The number of benzene rings is 1. The van der Waals surface area contributed by atoms with Gasteiger partial charge in [-0.25, -0.2) is 0 Å². The van der Waals surface area contributed by atoms with E-state index in [0.717, 1.165) is 3.57 Å². The van der Waals surface area contributed by atoms with Crippen molar-refractivity contribution < 1.29 is 4.79 Å². The van der Waals surface area contributed by atoms with Crippen LogP contribution in [0.5, 0.6) is 0 Å². The molecule has 0 saturated heterocycles. The molecule has 0 bridgehead atoms. The highest BCUT2D eigenvalue weighted by Crippen LogP contribution is 2.13. The van der Waals surface area contributed by atoms with E-state index in [2.05, 4.69) is 32.9 Å². The molecule has 1 aromatic carbocycles. The average Bonchev–Trinajstić information content (AvgIpc) is 2.31. The lowest BCUT2D eigenvalue weighted by atomic mass is 10.2. The summed E-state index contributed by atoms with van der Waals surface area (Å²) in [5.74, 6) is -0.113. The molecule has 2 rings (SSSR count). The second kappa shape index (κ2) is 5.07. The molecule has 1 N–H and O–H groups in total. The Kier molecular flexibility index (Phi) is 3.51. The molecular weight excluding hydrogens is 315 g/mol. The number of rotatable bonds is 2. The number of carbonyl (C=O) groups is 1. The van der Waals surface area contributed by atoms with E-state index >= 15 is 0 Å². The van der Waals surface area contributed by atoms with Crippen LogP contribution in [0.3, 0.4) is 0 Å². The predicted molar refractivity (Wildman–Crippen MR) is 71.3 cm³/mol. The molecule has 4 heteroatoms. The summed E-state index contributed by atoms with van der Waals surface area (Å²) >= 11 is 2.14. The topological polar surface area (TPSA) is 42.0 Å². The Hall–Kier alpha value is -1.43. The summed E-state index contributed by atoms with van der Waals surface area (Å²) < 4.78 is 0.932. The van der Waals surface area contributed by atoms with Crippen molar-refractivity contribution >= 4 is 34.2 Å². The van der Waals surface area contributed by atoms with Crippen LogP contribution in [0.4, 0.5) is 5.69 Å². The number of anilines is 1. The van der Waals surface area contributed by atoms with Crippen LogP contribution in [0.2, 0.25) is 0 Å². The van der Waals surface area contributed by atoms with Crippen LogP contribution in [-0.2, 0) is 0 Å². The fourth-order valence-corrected chi connectivity index (χ4v) is 1.91. The molecule has 1 amide bonds. The van der Waals surface area contributed by atoms with Gasteiger partial charge in [0.1, 0.15) is 0 Å². The van der Waals surface area contributed by atoms with E-state index < -0.39 is 0 Å². The van der Waals surface area contributed by atoms with Crippen LogP contribution in [0.15, 0.2) is 48.8 Å². The minimum atomic E-state index is -0.113. The van der Waals surface area contributed by atoms with Gasteiger partial charge in [0.2, 0.25) is 0 Å². The molecule has 0 spiro atoms. The summed E-state index contributed by atoms with van der Waals surface area (Å²) in [6, 6.07) is 11.0. The van der Waals surface area contributed by atoms with Gasteiger partial charge in [-0.05, 0) is 46.9 Å². The van der Waals surface area contributed by atoms with Crippen molar-refractivity contribution in [2.24, 2.45) is 0 Å². The molecule has 0 fully saturated rings. The standard InChI is InChI=1S/C12H9IN2O/c13-11-6-2-1-5-10(11)12(16)15-9-4-3-7-14-8-9/h1-8H,(H,15,16). The van der Waals surface area contributed by atoms with Crippen molar-refractivity contribution in [3.63, 3.8) is 0 Å². The molecule has 0 unspecified atom stereocenters. The molecule has 80 valence electrons. The second-order valence-corrected chi connectivity index (χ2v) is 4.34. The Balaban J connectivity index is 2.19. The number of nitrogens with one attached hydrogen (secondary N) is 1. The zero-order valence-corrected chi connectivity index (χ0v) is 10.5. The Labute approximate surface area is 107 Å². The molecule has 3 nitrogen and oxygen atoms in total. The monoisotopic (exact) mass is 324 g/mol. The molecule has 0 atom stereocenters. The van der Waals surface area contributed by atoms with Gasteiger partial charge in [0.15, 0.2) is 0 Å². The van der Waals surface area contributed by atoms with Crippen molar-refractivity contribution in [3.8, 4) is 0 Å². The molecule has 0 aliphatic carbocycles. The van der Waals surface area contributed by atoms with Gasteiger partial charge < -0.3 is 5.32 Å². The Morgan fingerprint density at radius 3 is 2.69 bits per heavy atom. The molecule has 1 heterocycles. The van der Waals surface area contributed by atoms with Crippen LogP contribution in [-0.4, -0.2) is 10.9 Å². The van der Waals surface area contributed by atoms with Crippen LogP contribution in [0, 0.1) is 3.57 Å². The molecule has 0 saturated carbocycles. The van der Waals surface area contributed by atoms with E-state index in [1.165, 1.54) is 0 Å². The smallest absolute Gasteiger partial charge is 0.256 e. The summed E-state index contributed by atoms with van der Waals surface area (Å²) in [7, 11) is 0. The van der Waals surface area contributed by atoms with Crippen LogP contribution in [0.1, 0.15) is 10.4 Å². The molecule has 1 aromatic heterocycles. The van der Waals surface area contributed by atoms with Crippen molar-refractivity contribution in [2.75, 3.05) is 5.32 Å². The van der Waals surface area contributed by atoms with E-state index in [1.54, 1.807) is 30.6 Å². The highest BCUT2D eigenvalue weighted by atomic mass is 127. The number of hydrogen-bond acceptors (Lipinski definition) is 2. The summed E-state index contributed by atoms with van der Waals surface area (Å²) in [6.45, 7) is 0. The highest BCUT2D eigenvalue weighted by molar-refractivity contribution is 14.1. The first-order valence-electron chi connectivity index (χ1n) is 4.73. The number of amides is 1. The van der Waals surface area contributed by atoms with Gasteiger partial charge in [-0.3, -0.25) is 9.78 Å². The van der Waals surface area contributed by atoms with Gasteiger partial charge in [0.05, 0.1) is 17.4 Å². The Bertz CT molecular complexity index is 499. The average molecular weight is 324 g/mol. The van der Waals surface area contributed by atoms with Gasteiger partial charge in [-0.2, -0.15) is 0 Å². The van der Waals surface area contributed by atoms with Crippen molar-refractivity contribution in [1.82, 2.24) is 4.98 Å². The number of halogens is 1. The van der Waals surface area contributed by atoms with Crippen molar-refractivity contribution in [2.45, 2.75) is 0 Å². The van der Waals surface area contributed by atoms with Gasteiger partial charge >= 0.3 is 0 Å². The summed E-state index contributed by atoms with van der Waals surface area (Å²) in [5.41, 5.74) is 1.37. The fraction of sp³-hybridized carbons (Fsp3) is 0. The van der Waals surface area contributed by atoms with Crippen molar-refractivity contribution in [3.05, 3.63) is 57.9 Å². The Morgan fingerprint density at radius 1 is 1.19 bits per heavy atom. The minimum absolute atomic E-state index is 0.113. The van der Waals surface area contributed by atoms with Crippen LogP contribution >= 0.6 is 22.6 Å². The lowest BCUT2D eigenvalue weighted by Gasteiger charge is -2.05. The third-order valence-electron chi connectivity index (χ3n) is 2.04. The lowest BCUT2D eigenvalue weighted by molar-refractivity contribution is 0.102. The number of hydrogen-bond donors (Lipinski definition) is 1. The maximum atomic E-state index is 11.9. The molecule has 16 heavy (non-hydrogen) atoms. The largest absolute Gasteiger partial charge is 0.321 e. The third-order valence-corrected chi connectivity index (χ3v) is 2.98. The predicted octanol–water partition coefficient (Wildman–Crippen LogP) is 2.94. The zero-order chi connectivity index (χ0) is 11.4. The quantitative estimate of drug-likeness (QED) is 0.863. The van der Waals surface area contributed by atoms with Gasteiger partial charge in [-0.15, -0.1) is 0 Å². The maximum absolute atomic E-state index is 11.9. The second-order valence-electron chi connectivity index (χ2n) is 3.18. The van der Waals surface area contributed by atoms with Gasteiger partial charge in [0.25, 0.3) is 5.91 Å². The summed E-state index contributed by atoms with van der Waals surface area (Å²) in [6.07, 6.45) is 3.29. The number of carbonyl (C=O) groups excluding carboxylic acids is 1. The molecule has 0 radical (unpaired) electrons. The maximum Gasteiger partial charge on any atom is 0.256 e. The first-order valence-corrected chi connectivity index (χ1v) is 5.81. The first kappa shape index (κ1) is 11.1. The van der Waals surface area contributed by atoms with Crippen LogP contribution in [0.25, 0.3) is 0 Å². The summed E-state index contributed by atoms with van der Waals surface area (Å²) in [5, 5.41) is 2.79. The molecule has 2 aromatic rings. The number of pyridine rings is 1. The van der Waals surface area contributed by atoms with Gasteiger partial charge in [-0.1, -0.05) is 12.1 Å². The zero-order valence-electron chi connectivity index (χ0n) is 8.35.